The van der Waals surface area contributed by atoms with Gasteiger partial charge in [0.1, 0.15) is 0 Å². The number of benzene rings is 9. The van der Waals surface area contributed by atoms with Crippen LogP contribution >= 0.6 is 11.3 Å². The van der Waals surface area contributed by atoms with Gasteiger partial charge in [-0.3, -0.25) is 0 Å². The Balaban J connectivity index is 1.06. The van der Waals surface area contributed by atoms with Crippen LogP contribution in [0.25, 0.3) is 75.8 Å². The van der Waals surface area contributed by atoms with Gasteiger partial charge in [0, 0.05) is 37.2 Å². The highest BCUT2D eigenvalue weighted by atomic mass is 32.1. The zero-order valence-electron chi connectivity index (χ0n) is 30.7. The van der Waals surface area contributed by atoms with Crippen LogP contribution in [0.15, 0.2) is 224 Å². The van der Waals surface area contributed by atoms with E-state index in [2.05, 4.69) is 229 Å². The first-order chi connectivity index (χ1) is 27.7. The molecule has 1 heterocycles. The van der Waals surface area contributed by atoms with Gasteiger partial charge < -0.3 is 4.90 Å². The molecule has 0 aliphatic carbocycles. The molecule has 9 aromatic carbocycles. The van der Waals surface area contributed by atoms with Crippen LogP contribution in [0.2, 0.25) is 0 Å². The maximum absolute atomic E-state index is 2.38. The minimum Gasteiger partial charge on any atom is -0.310 e. The maximum Gasteiger partial charge on any atom is 0.0467 e. The zero-order valence-corrected chi connectivity index (χ0v) is 31.5. The molecule has 264 valence electrons. The molecule has 10 rings (SSSR count). The van der Waals surface area contributed by atoms with Gasteiger partial charge in [0.25, 0.3) is 0 Å². The summed E-state index contributed by atoms with van der Waals surface area (Å²) in [5, 5.41) is 2.63. The van der Waals surface area contributed by atoms with Gasteiger partial charge >= 0.3 is 0 Å². The molecule has 1 nitrogen and oxygen atoms in total. The van der Waals surface area contributed by atoms with Gasteiger partial charge in [-0.25, -0.2) is 0 Å². The second-order valence-corrected chi connectivity index (χ2v) is 15.2. The fraction of sp³-hybridized carbons (Fsp3) is 0. The second kappa shape index (κ2) is 14.7. The van der Waals surface area contributed by atoms with Crippen LogP contribution < -0.4 is 4.90 Å². The molecular formula is C54H37NS. The molecule has 10 aromatic rings. The highest BCUT2D eigenvalue weighted by Crippen LogP contribution is 2.42. The van der Waals surface area contributed by atoms with Crippen molar-refractivity contribution in [3.8, 4) is 55.6 Å². The molecule has 2 heteroatoms. The van der Waals surface area contributed by atoms with Crippen molar-refractivity contribution in [2.24, 2.45) is 0 Å². The fourth-order valence-corrected chi connectivity index (χ4v) is 8.95. The Morgan fingerprint density at radius 3 is 1.41 bits per heavy atom. The number of fused-ring (bicyclic) bond motifs is 3. The Morgan fingerprint density at radius 2 is 0.732 bits per heavy atom. The van der Waals surface area contributed by atoms with Gasteiger partial charge in [-0.05, 0) is 116 Å². The second-order valence-electron chi connectivity index (χ2n) is 14.1. The van der Waals surface area contributed by atoms with E-state index in [0.717, 1.165) is 17.1 Å². The first kappa shape index (κ1) is 33.6. The summed E-state index contributed by atoms with van der Waals surface area (Å²) >= 11 is 1.86. The summed E-state index contributed by atoms with van der Waals surface area (Å²) in [7, 11) is 0. The summed E-state index contributed by atoms with van der Waals surface area (Å²) in [5.74, 6) is 0. The molecule has 0 aliphatic heterocycles. The third-order valence-corrected chi connectivity index (χ3v) is 11.8. The molecular weight excluding hydrogens is 695 g/mol. The topological polar surface area (TPSA) is 3.24 Å². The number of thiophene rings is 1. The summed E-state index contributed by atoms with van der Waals surface area (Å²) in [6.45, 7) is 0. The highest BCUT2D eigenvalue weighted by molar-refractivity contribution is 7.25. The first-order valence-electron chi connectivity index (χ1n) is 19.1. The third kappa shape index (κ3) is 6.47. The van der Waals surface area contributed by atoms with E-state index >= 15 is 0 Å². The van der Waals surface area contributed by atoms with Crippen LogP contribution in [0.1, 0.15) is 0 Å². The van der Waals surface area contributed by atoms with Crippen LogP contribution in [0, 0.1) is 0 Å². The van der Waals surface area contributed by atoms with E-state index in [1.54, 1.807) is 0 Å². The zero-order chi connectivity index (χ0) is 37.3. The van der Waals surface area contributed by atoms with Crippen molar-refractivity contribution in [2.45, 2.75) is 0 Å². The molecule has 0 fully saturated rings. The monoisotopic (exact) mass is 731 g/mol. The molecule has 0 amide bonds. The van der Waals surface area contributed by atoms with Gasteiger partial charge in [0.2, 0.25) is 0 Å². The lowest BCUT2D eigenvalue weighted by Crippen LogP contribution is -2.10. The summed E-state index contributed by atoms with van der Waals surface area (Å²) in [5.41, 5.74) is 15.4. The van der Waals surface area contributed by atoms with E-state index < -0.39 is 0 Å². The number of nitrogens with zero attached hydrogens (tertiary/aromatic N) is 1. The molecule has 1 aromatic heterocycles. The molecule has 0 atom stereocenters. The summed E-state index contributed by atoms with van der Waals surface area (Å²) in [6.07, 6.45) is 0. The van der Waals surface area contributed by atoms with Gasteiger partial charge in [0.05, 0.1) is 0 Å². The van der Waals surface area contributed by atoms with Crippen molar-refractivity contribution in [1.82, 2.24) is 0 Å². The first-order valence-corrected chi connectivity index (χ1v) is 19.9. The van der Waals surface area contributed by atoms with E-state index in [0.29, 0.717) is 0 Å². The lowest BCUT2D eigenvalue weighted by atomic mass is 9.90. The molecule has 0 unspecified atom stereocenters. The average molecular weight is 732 g/mol. The van der Waals surface area contributed by atoms with Crippen LogP contribution in [-0.4, -0.2) is 0 Å². The highest BCUT2D eigenvalue weighted by Gasteiger charge is 2.16. The van der Waals surface area contributed by atoms with E-state index in [-0.39, 0.29) is 0 Å². The maximum atomic E-state index is 2.38. The van der Waals surface area contributed by atoms with E-state index in [1.165, 1.54) is 75.8 Å². The van der Waals surface area contributed by atoms with Crippen molar-refractivity contribution in [3.63, 3.8) is 0 Å². The number of rotatable bonds is 8. The number of hydrogen-bond donors (Lipinski definition) is 0. The quantitative estimate of drug-likeness (QED) is 0.150. The molecule has 0 saturated carbocycles. The Kier molecular flexibility index (Phi) is 8.79. The van der Waals surface area contributed by atoms with Gasteiger partial charge in [-0.2, -0.15) is 0 Å². The predicted molar refractivity (Wildman–Crippen MR) is 241 cm³/mol. The largest absolute Gasteiger partial charge is 0.310 e. The molecule has 0 saturated heterocycles. The smallest absolute Gasteiger partial charge is 0.0467 e. The minimum atomic E-state index is 1.10. The number of hydrogen-bond acceptors (Lipinski definition) is 2. The standard InChI is InChI=1S/C54H37NS/c1-4-13-38(14-5-1)40-23-29-46(30-24-40)55(48-20-12-19-43(35-48)39-15-6-2-7-16-39)47-31-25-41(26-32-47)44-27-33-49(42-17-8-3-9-18-42)51(36-44)45-28-34-54-52(37-45)50-21-10-11-22-53(50)56-54/h1-37H. The van der Waals surface area contributed by atoms with E-state index in [9.17, 15) is 0 Å². The lowest BCUT2D eigenvalue weighted by Gasteiger charge is -2.26. The van der Waals surface area contributed by atoms with E-state index in [1.807, 2.05) is 11.3 Å². The van der Waals surface area contributed by atoms with Gasteiger partial charge in [0.15, 0.2) is 0 Å². The Bertz CT molecular complexity index is 2930. The van der Waals surface area contributed by atoms with Crippen LogP contribution in [0.3, 0.4) is 0 Å². The molecule has 0 spiro atoms. The summed E-state index contributed by atoms with van der Waals surface area (Å²) in [4.78, 5) is 2.36. The van der Waals surface area contributed by atoms with E-state index in [4.69, 9.17) is 0 Å². The van der Waals surface area contributed by atoms with Gasteiger partial charge in [-0.1, -0.05) is 164 Å². The summed E-state index contributed by atoms with van der Waals surface area (Å²) < 4.78 is 2.64. The molecule has 0 N–H and O–H groups in total. The third-order valence-electron chi connectivity index (χ3n) is 10.7. The van der Waals surface area contributed by atoms with Crippen molar-refractivity contribution >= 4 is 48.6 Å². The minimum absolute atomic E-state index is 1.10. The van der Waals surface area contributed by atoms with Crippen LogP contribution in [0.4, 0.5) is 17.1 Å². The normalized spacial score (nSPS) is 11.2. The Labute approximate surface area is 332 Å². The van der Waals surface area contributed by atoms with Crippen LogP contribution in [-0.2, 0) is 0 Å². The Morgan fingerprint density at radius 1 is 0.250 bits per heavy atom. The predicted octanol–water partition coefficient (Wildman–Crippen LogP) is 15.9. The number of anilines is 3. The van der Waals surface area contributed by atoms with Crippen molar-refractivity contribution in [2.75, 3.05) is 4.90 Å². The molecule has 56 heavy (non-hydrogen) atoms. The molecule has 0 radical (unpaired) electrons. The molecule has 0 aliphatic rings. The SMILES string of the molecule is c1ccc(-c2ccc(N(c3ccc(-c4ccc(-c5ccccc5)c(-c5ccc6sc7ccccc7c6c5)c4)cc3)c3cccc(-c4ccccc4)c3)cc2)cc1. The summed E-state index contributed by atoms with van der Waals surface area (Å²) in [6, 6.07) is 81.3. The fourth-order valence-electron chi connectivity index (χ4n) is 7.86. The van der Waals surface area contributed by atoms with Crippen molar-refractivity contribution in [3.05, 3.63) is 224 Å². The van der Waals surface area contributed by atoms with Crippen molar-refractivity contribution < 1.29 is 0 Å². The average Bonchev–Trinajstić information content (AvgIpc) is 3.66. The Hall–Kier alpha value is -7.00. The van der Waals surface area contributed by atoms with Crippen molar-refractivity contribution in [1.29, 1.82) is 0 Å². The lowest BCUT2D eigenvalue weighted by molar-refractivity contribution is 1.28. The van der Waals surface area contributed by atoms with Crippen LogP contribution in [0.5, 0.6) is 0 Å². The van der Waals surface area contributed by atoms with Gasteiger partial charge in [-0.15, -0.1) is 11.3 Å². The molecule has 0 bridgehead atoms.